The molecule has 2 fully saturated rings. The smallest absolute Gasteiger partial charge is 0.209 e. The van der Waals surface area contributed by atoms with Gasteiger partial charge in [0, 0.05) is 0 Å². The Balaban J connectivity index is 1.50. The van der Waals surface area contributed by atoms with Crippen LogP contribution in [-0.4, -0.2) is 45.1 Å². The summed E-state index contributed by atoms with van der Waals surface area (Å²) in [5.74, 6) is 2.47. The van der Waals surface area contributed by atoms with Gasteiger partial charge in [-0.05, 0) is 68.3 Å². The summed E-state index contributed by atoms with van der Waals surface area (Å²) in [6, 6.07) is 5.53. The summed E-state index contributed by atoms with van der Waals surface area (Å²) in [5, 5.41) is 18.1. The van der Waals surface area contributed by atoms with E-state index in [2.05, 4.69) is 25.9 Å². The molecule has 2 heterocycles. The van der Waals surface area contributed by atoms with Crippen LogP contribution in [0.4, 0.5) is 0 Å². The third-order valence-electron chi connectivity index (χ3n) is 5.59. The summed E-state index contributed by atoms with van der Waals surface area (Å²) >= 11 is 6.36. The lowest BCUT2D eigenvalue weighted by atomic mass is 9.72. The fourth-order valence-electron chi connectivity index (χ4n) is 4.20. The fraction of sp³-hybridized carbons (Fsp3) is 0.556. The number of nitrogens with one attached hydrogen (secondary N) is 2. The van der Waals surface area contributed by atoms with Crippen molar-refractivity contribution >= 4 is 17.4 Å². The number of carbonyl (C=O) groups excluding carboxylic acids is 1. The molecule has 26 heavy (non-hydrogen) atoms. The number of nitrogens with zero attached hydrogens (tertiary/aromatic N) is 3. The summed E-state index contributed by atoms with van der Waals surface area (Å²) in [6.45, 7) is 2.59. The second-order valence-corrected chi connectivity index (χ2v) is 7.64. The molecule has 0 bridgehead atoms. The number of H-pyrrole nitrogens is 1. The van der Waals surface area contributed by atoms with Gasteiger partial charge in [0.25, 0.3) is 0 Å². The zero-order valence-electron chi connectivity index (χ0n) is 14.6. The van der Waals surface area contributed by atoms with Crippen LogP contribution in [0.15, 0.2) is 18.2 Å². The quantitative estimate of drug-likeness (QED) is 0.853. The summed E-state index contributed by atoms with van der Waals surface area (Å²) in [4.78, 5) is 11.7. The van der Waals surface area contributed by atoms with Gasteiger partial charge < -0.3 is 10.1 Å². The van der Waals surface area contributed by atoms with Gasteiger partial charge in [-0.25, -0.2) is 0 Å². The number of fused-ring (bicyclic) bond motifs is 1. The predicted molar refractivity (Wildman–Crippen MR) is 97.0 cm³/mol. The highest BCUT2D eigenvalue weighted by Crippen LogP contribution is 2.40. The molecule has 0 amide bonds. The van der Waals surface area contributed by atoms with Gasteiger partial charge in [-0.1, -0.05) is 17.7 Å². The van der Waals surface area contributed by atoms with E-state index in [4.69, 9.17) is 16.3 Å². The molecule has 4 rings (SSSR count). The number of ether oxygens (including phenoxy) is 1. The van der Waals surface area contributed by atoms with Crippen LogP contribution in [0.5, 0.6) is 5.75 Å². The average Bonchev–Trinajstić information content (AvgIpc) is 3.15. The molecule has 0 unspecified atom stereocenters. The number of carbonyl (C=O) groups is 1. The highest BCUT2D eigenvalue weighted by atomic mass is 35.5. The molecule has 8 heteroatoms. The standard InChI is InChI=1S/C18H22ClN5O2/c1-10(25)15-8-12-7-13(6-5-11(12)9-20-15)26-16-4-2-3-14(19)17(16)18-21-23-24-22-18/h2-4,11-13,15,20H,5-9H2,1H3,(H,21,22,23,24)/t11-,12+,13-,15-/m0/s1. The number of hydrogen-bond donors (Lipinski definition) is 2. The fourth-order valence-corrected chi connectivity index (χ4v) is 4.45. The van der Waals surface area contributed by atoms with Crippen LogP contribution >= 0.6 is 11.6 Å². The minimum Gasteiger partial charge on any atom is -0.490 e. The van der Waals surface area contributed by atoms with Crippen molar-refractivity contribution in [2.24, 2.45) is 11.8 Å². The lowest BCUT2D eigenvalue weighted by Crippen LogP contribution is -2.50. The molecule has 0 spiro atoms. The van der Waals surface area contributed by atoms with E-state index in [0.29, 0.717) is 34.0 Å². The van der Waals surface area contributed by atoms with Crippen LogP contribution in [0.2, 0.25) is 5.02 Å². The van der Waals surface area contributed by atoms with Gasteiger partial charge in [0.1, 0.15) is 11.5 Å². The molecule has 0 radical (unpaired) electrons. The largest absolute Gasteiger partial charge is 0.490 e. The monoisotopic (exact) mass is 375 g/mol. The minimum atomic E-state index is -0.0175. The highest BCUT2D eigenvalue weighted by Gasteiger charge is 2.37. The Kier molecular flexibility index (Phi) is 4.91. The van der Waals surface area contributed by atoms with E-state index in [1.54, 1.807) is 13.0 Å². The molecule has 1 aliphatic heterocycles. The SMILES string of the molecule is CC(=O)[C@@H]1C[C@H]2C[C@@H](Oc3cccc(Cl)c3-c3nn[nH]n3)CC[C@H]2CN1. The molecule has 1 saturated heterocycles. The van der Waals surface area contributed by atoms with Crippen molar-refractivity contribution in [1.29, 1.82) is 0 Å². The first-order valence-corrected chi connectivity index (χ1v) is 9.42. The summed E-state index contributed by atoms with van der Waals surface area (Å²) in [5.41, 5.74) is 0.664. The number of Topliss-reactive ketones (excluding diaryl/α,β-unsaturated/α-hetero) is 1. The molecular formula is C18H22ClN5O2. The van der Waals surface area contributed by atoms with Crippen molar-refractivity contribution in [3.05, 3.63) is 23.2 Å². The number of aromatic nitrogens is 4. The Labute approximate surface area is 156 Å². The predicted octanol–water partition coefficient (Wildman–Crippen LogP) is 2.63. The second-order valence-electron chi connectivity index (χ2n) is 7.23. The average molecular weight is 376 g/mol. The van der Waals surface area contributed by atoms with Crippen LogP contribution in [0.3, 0.4) is 0 Å². The topological polar surface area (TPSA) is 92.8 Å². The van der Waals surface area contributed by atoms with E-state index >= 15 is 0 Å². The lowest BCUT2D eigenvalue weighted by molar-refractivity contribution is -0.120. The van der Waals surface area contributed by atoms with Crippen molar-refractivity contribution in [3.8, 4) is 17.1 Å². The van der Waals surface area contributed by atoms with Crippen LogP contribution < -0.4 is 10.1 Å². The van der Waals surface area contributed by atoms with E-state index in [-0.39, 0.29) is 17.9 Å². The van der Waals surface area contributed by atoms with E-state index < -0.39 is 0 Å². The van der Waals surface area contributed by atoms with E-state index in [0.717, 1.165) is 32.2 Å². The van der Waals surface area contributed by atoms with Gasteiger partial charge in [0.2, 0.25) is 5.82 Å². The van der Waals surface area contributed by atoms with Crippen LogP contribution in [0, 0.1) is 11.8 Å². The number of tetrazole rings is 1. The number of piperidine rings is 1. The van der Waals surface area contributed by atoms with Crippen molar-refractivity contribution in [2.45, 2.75) is 44.8 Å². The minimum absolute atomic E-state index is 0.0175. The molecule has 2 aromatic rings. The van der Waals surface area contributed by atoms with E-state index in [1.165, 1.54) is 0 Å². The molecule has 138 valence electrons. The summed E-state index contributed by atoms with van der Waals surface area (Å²) in [7, 11) is 0. The van der Waals surface area contributed by atoms with Gasteiger partial charge in [-0.2, -0.15) is 5.21 Å². The highest BCUT2D eigenvalue weighted by molar-refractivity contribution is 6.33. The number of hydrogen-bond acceptors (Lipinski definition) is 6. The van der Waals surface area contributed by atoms with Crippen molar-refractivity contribution in [2.75, 3.05) is 6.54 Å². The Bertz CT molecular complexity index is 782. The molecule has 1 aromatic heterocycles. The Hall–Kier alpha value is -1.99. The van der Waals surface area contributed by atoms with Crippen molar-refractivity contribution < 1.29 is 9.53 Å². The number of aromatic amines is 1. The van der Waals surface area contributed by atoms with Crippen molar-refractivity contribution in [3.63, 3.8) is 0 Å². The first kappa shape index (κ1) is 17.4. The normalized spacial score (nSPS) is 28.4. The second kappa shape index (κ2) is 7.32. The third-order valence-corrected chi connectivity index (χ3v) is 5.90. The number of ketones is 1. The van der Waals surface area contributed by atoms with Crippen LogP contribution in [-0.2, 0) is 4.79 Å². The molecule has 4 atom stereocenters. The number of rotatable bonds is 4. The Morgan fingerprint density at radius 3 is 2.92 bits per heavy atom. The van der Waals surface area contributed by atoms with Gasteiger partial charge in [-0.3, -0.25) is 4.79 Å². The third kappa shape index (κ3) is 3.46. The summed E-state index contributed by atoms with van der Waals surface area (Å²) in [6.07, 6.45) is 4.05. The molecule has 1 saturated carbocycles. The van der Waals surface area contributed by atoms with Crippen molar-refractivity contribution in [1.82, 2.24) is 25.9 Å². The van der Waals surface area contributed by atoms with Gasteiger partial charge in [-0.15, -0.1) is 10.2 Å². The zero-order chi connectivity index (χ0) is 18.1. The summed E-state index contributed by atoms with van der Waals surface area (Å²) < 4.78 is 6.32. The number of benzene rings is 1. The maximum absolute atomic E-state index is 11.7. The van der Waals surface area contributed by atoms with E-state index in [9.17, 15) is 4.79 Å². The van der Waals surface area contributed by atoms with Crippen LogP contribution in [0.25, 0.3) is 11.4 Å². The first-order chi connectivity index (χ1) is 12.6. The first-order valence-electron chi connectivity index (χ1n) is 9.04. The maximum atomic E-state index is 11.7. The molecule has 2 N–H and O–H groups in total. The Morgan fingerprint density at radius 2 is 2.15 bits per heavy atom. The van der Waals surface area contributed by atoms with Gasteiger partial charge >= 0.3 is 0 Å². The molecule has 1 aliphatic carbocycles. The lowest BCUT2D eigenvalue weighted by Gasteiger charge is -2.42. The number of halogens is 1. The molecular weight excluding hydrogens is 354 g/mol. The van der Waals surface area contributed by atoms with Gasteiger partial charge in [0.15, 0.2) is 0 Å². The van der Waals surface area contributed by atoms with E-state index in [1.807, 2.05) is 12.1 Å². The zero-order valence-corrected chi connectivity index (χ0v) is 15.4. The van der Waals surface area contributed by atoms with Crippen LogP contribution in [0.1, 0.15) is 32.6 Å². The molecule has 7 nitrogen and oxygen atoms in total. The van der Waals surface area contributed by atoms with Gasteiger partial charge in [0.05, 0.1) is 22.7 Å². The maximum Gasteiger partial charge on any atom is 0.209 e. The Morgan fingerprint density at radius 1 is 1.27 bits per heavy atom. The molecule has 1 aromatic carbocycles. The molecule has 2 aliphatic rings.